The molecular weight excluding hydrogens is 230 g/mol. The number of alkyl halides is 2. The lowest BCUT2D eigenvalue weighted by Gasteiger charge is -2.21. The first-order chi connectivity index (χ1) is 7.99. The summed E-state index contributed by atoms with van der Waals surface area (Å²) in [6.45, 7) is 1.33. The zero-order chi connectivity index (χ0) is 12.5. The summed E-state index contributed by atoms with van der Waals surface area (Å²) in [7, 11) is 0. The van der Waals surface area contributed by atoms with Crippen LogP contribution in [0.25, 0.3) is 0 Å². The molecule has 17 heavy (non-hydrogen) atoms. The standard InChI is InChI=1S/C12H14F2O3/c1-12(15,11(13)14)5-4-8-2-3-9-10(6-8)17-7-16-9/h2-3,6,11,15H,4-5,7H2,1H3. The fourth-order valence-corrected chi connectivity index (χ4v) is 1.60. The molecule has 0 radical (unpaired) electrons. The second-order valence-electron chi connectivity index (χ2n) is 4.35. The third-order valence-corrected chi connectivity index (χ3v) is 2.83. The minimum absolute atomic E-state index is 0.00428. The first-order valence-corrected chi connectivity index (χ1v) is 5.38. The van der Waals surface area contributed by atoms with Crippen LogP contribution >= 0.6 is 0 Å². The molecule has 5 heteroatoms. The predicted octanol–water partition coefficient (Wildman–Crippen LogP) is 2.36. The van der Waals surface area contributed by atoms with Gasteiger partial charge in [-0.15, -0.1) is 0 Å². The van der Waals surface area contributed by atoms with Gasteiger partial charge in [-0.25, -0.2) is 8.78 Å². The van der Waals surface area contributed by atoms with Gasteiger partial charge in [-0.3, -0.25) is 0 Å². The molecule has 94 valence electrons. The van der Waals surface area contributed by atoms with Crippen molar-refractivity contribution < 1.29 is 23.4 Å². The van der Waals surface area contributed by atoms with E-state index in [0.717, 1.165) is 12.5 Å². The predicted molar refractivity (Wildman–Crippen MR) is 57.5 cm³/mol. The summed E-state index contributed by atoms with van der Waals surface area (Å²) < 4.78 is 35.2. The topological polar surface area (TPSA) is 38.7 Å². The highest BCUT2D eigenvalue weighted by atomic mass is 19.3. The van der Waals surface area contributed by atoms with Gasteiger partial charge in [-0.2, -0.15) is 0 Å². The van der Waals surface area contributed by atoms with Crippen molar-refractivity contribution in [3.63, 3.8) is 0 Å². The molecular formula is C12H14F2O3. The molecule has 1 heterocycles. The van der Waals surface area contributed by atoms with Gasteiger partial charge in [0.05, 0.1) is 0 Å². The molecule has 0 amide bonds. The van der Waals surface area contributed by atoms with Crippen molar-refractivity contribution in [3.05, 3.63) is 23.8 Å². The van der Waals surface area contributed by atoms with Crippen LogP contribution in [0.3, 0.4) is 0 Å². The molecule has 0 saturated carbocycles. The molecule has 0 aliphatic carbocycles. The minimum atomic E-state index is -2.74. The fourth-order valence-electron chi connectivity index (χ4n) is 1.60. The number of aryl methyl sites for hydroxylation is 1. The summed E-state index contributed by atoms with van der Waals surface area (Å²) in [6.07, 6.45) is -2.37. The van der Waals surface area contributed by atoms with Gasteiger partial charge in [0.15, 0.2) is 11.5 Å². The van der Waals surface area contributed by atoms with Crippen molar-refractivity contribution in [2.24, 2.45) is 0 Å². The number of benzene rings is 1. The van der Waals surface area contributed by atoms with Crippen molar-refractivity contribution in [1.82, 2.24) is 0 Å². The number of rotatable bonds is 4. The molecule has 1 aliphatic heterocycles. The summed E-state index contributed by atoms with van der Waals surface area (Å²) in [6, 6.07) is 5.29. The quantitative estimate of drug-likeness (QED) is 0.883. The van der Waals surface area contributed by atoms with Gasteiger partial charge in [0.25, 0.3) is 6.43 Å². The van der Waals surface area contributed by atoms with Gasteiger partial charge in [0.1, 0.15) is 5.60 Å². The first kappa shape index (κ1) is 12.1. The molecule has 0 spiro atoms. The Morgan fingerprint density at radius 2 is 2.06 bits per heavy atom. The van der Waals surface area contributed by atoms with Crippen molar-refractivity contribution in [2.75, 3.05) is 6.79 Å². The average Bonchev–Trinajstić information content (AvgIpc) is 2.73. The van der Waals surface area contributed by atoms with Crippen LogP contribution in [0.1, 0.15) is 18.9 Å². The van der Waals surface area contributed by atoms with Gasteiger partial charge in [-0.1, -0.05) is 6.07 Å². The second kappa shape index (κ2) is 4.49. The lowest BCUT2D eigenvalue weighted by molar-refractivity contribution is -0.0873. The highest BCUT2D eigenvalue weighted by Gasteiger charge is 2.31. The fraction of sp³-hybridized carbons (Fsp3) is 0.500. The number of aliphatic hydroxyl groups is 1. The average molecular weight is 244 g/mol. The lowest BCUT2D eigenvalue weighted by Crippen LogP contribution is -2.33. The van der Waals surface area contributed by atoms with Crippen LogP contribution < -0.4 is 9.47 Å². The zero-order valence-corrected chi connectivity index (χ0v) is 9.45. The van der Waals surface area contributed by atoms with Crippen molar-refractivity contribution in [1.29, 1.82) is 0 Å². The van der Waals surface area contributed by atoms with Gasteiger partial charge in [0, 0.05) is 0 Å². The Morgan fingerprint density at radius 1 is 1.35 bits per heavy atom. The normalized spacial score (nSPS) is 17.2. The third-order valence-electron chi connectivity index (χ3n) is 2.83. The Hall–Kier alpha value is -1.36. The highest BCUT2D eigenvalue weighted by molar-refractivity contribution is 5.44. The van der Waals surface area contributed by atoms with Gasteiger partial charge in [-0.05, 0) is 37.5 Å². The van der Waals surface area contributed by atoms with Crippen molar-refractivity contribution in [2.45, 2.75) is 31.8 Å². The van der Waals surface area contributed by atoms with E-state index in [1.165, 1.54) is 0 Å². The maximum atomic E-state index is 12.4. The molecule has 1 atom stereocenters. The Labute approximate surface area is 98.0 Å². The maximum Gasteiger partial charge on any atom is 0.266 e. The first-order valence-electron chi connectivity index (χ1n) is 5.38. The number of halogens is 2. The molecule has 1 unspecified atom stereocenters. The summed E-state index contributed by atoms with van der Waals surface area (Å²) in [5.74, 6) is 1.29. The van der Waals surface area contributed by atoms with Crippen LogP contribution in [0, 0.1) is 0 Å². The van der Waals surface area contributed by atoms with Crippen LogP contribution in [0.15, 0.2) is 18.2 Å². The molecule has 2 rings (SSSR count). The molecule has 1 N–H and O–H groups in total. The third kappa shape index (κ3) is 2.66. The molecule has 0 saturated heterocycles. The van der Waals surface area contributed by atoms with Crippen molar-refractivity contribution >= 4 is 0 Å². The monoisotopic (exact) mass is 244 g/mol. The lowest BCUT2D eigenvalue weighted by atomic mass is 9.97. The number of hydrogen-bond acceptors (Lipinski definition) is 3. The molecule has 1 aliphatic rings. The summed E-state index contributed by atoms with van der Waals surface area (Å²) in [5.41, 5.74) is -1.11. The largest absolute Gasteiger partial charge is 0.454 e. The van der Waals surface area contributed by atoms with E-state index in [2.05, 4.69) is 0 Å². The van der Waals surface area contributed by atoms with E-state index in [0.29, 0.717) is 17.9 Å². The summed E-state index contributed by atoms with van der Waals surface area (Å²) in [5, 5.41) is 9.44. The highest BCUT2D eigenvalue weighted by Crippen LogP contribution is 2.33. The number of hydrogen-bond donors (Lipinski definition) is 1. The molecule has 3 nitrogen and oxygen atoms in total. The van der Waals surface area contributed by atoms with Crippen LogP contribution in [0.2, 0.25) is 0 Å². The molecule has 0 aromatic heterocycles. The van der Waals surface area contributed by atoms with E-state index in [1.807, 2.05) is 0 Å². The summed E-state index contributed by atoms with van der Waals surface area (Å²) >= 11 is 0. The van der Waals surface area contributed by atoms with E-state index in [-0.39, 0.29) is 13.2 Å². The second-order valence-corrected chi connectivity index (χ2v) is 4.35. The Balaban J connectivity index is 2.00. The summed E-state index contributed by atoms with van der Waals surface area (Å²) in [4.78, 5) is 0. The van der Waals surface area contributed by atoms with E-state index in [4.69, 9.17) is 9.47 Å². The zero-order valence-electron chi connectivity index (χ0n) is 9.45. The number of ether oxygens (including phenoxy) is 2. The van der Waals surface area contributed by atoms with E-state index < -0.39 is 12.0 Å². The number of fused-ring (bicyclic) bond motifs is 1. The molecule has 1 aromatic carbocycles. The SMILES string of the molecule is CC(O)(CCc1ccc2c(c1)OCO2)C(F)F. The molecule has 0 fully saturated rings. The van der Waals surface area contributed by atoms with Crippen LogP contribution in [0.4, 0.5) is 8.78 Å². The van der Waals surface area contributed by atoms with Crippen LogP contribution in [-0.2, 0) is 6.42 Å². The van der Waals surface area contributed by atoms with E-state index in [1.54, 1.807) is 18.2 Å². The van der Waals surface area contributed by atoms with Crippen molar-refractivity contribution in [3.8, 4) is 11.5 Å². The van der Waals surface area contributed by atoms with Crippen LogP contribution in [0.5, 0.6) is 11.5 Å². The van der Waals surface area contributed by atoms with Gasteiger partial charge in [0.2, 0.25) is 6.79 Å². The molecule has 0 bridgehead atoms. The van der Waals surface area contributed by atoms with Gasteiger partial charge < -0.3 is 14.6 Å². The Morgan fingerprint density at radius 3 is 2.76 bits per heavy atom. The smallest absolute Gasteiger partial charge is 0.266 e. The van der Waals surface area contributed by atoms with Gasteiger partial charge >= 0.3 is 0 Å². The molecule has 1 aromatic rings. The Kier molecular flexibility index (Phi) is 3.19. The van der Waals surface area contributed by atoms with Crippen LogP contribution in [-0.4, -0.2) is 23.9 Å². The maximum absolute atomic E-state index is 12.4. The minimum Gasteiger partial charge on any atom is -0.454 e. The van der Waals surface area contributed by atoms with E-state index >= 15 is 0 Å². The Bertz CT molecular complexity index is 405. The van der Waals surface area contributed by atoms with E-state index in [9.17, 15) is 13.9 Å².